The van der Waals surface area contributed by atoms with Crippen molar-refractivity contribution in [1.82, 2.24) is 4.90 Å². The van der Waals surface area contributed by atoms with Crippen LogP contribution < -0.4 is 0 Å². The molecular weight excluding hydrogens is 182 g/mol. The van der Waals surface area contributed by atoms with Crippen LogP contribution in [0.15, 0.2) is 0 Å². The minimum absolute atomic E-state index is 0.338. The summed E-state index contributed by atoms with van der Waals surface area (Å²) in [4.78, 5) is 2.85. The van der Waals surface area contributed by atoms with Crippen LogP contribution >= 0.6 is 0 Å². The average Bonchev–Trinajstić information content (AvgIpc) is 2.55. The van der Waals surface area contributed by atoms with Gasteiger partial charge in [-0.2, -0.15) is 0 Å². The van der Waals surface area contributed by atoms with Crippen LogP contribution in [-0.4, -0.2) is 22.0 Å². The summed E-state index contributed by atoms with van der Waals surface area (Å²) in [6, 6.07) is 0.865. The van der Waals surface area contributed by atoms with Gasteiger partial charge in [-0.1, -0.05) is 20.8 Å². The molecule has 88 valence electrons. The van der Waals surface area contributed by atoms with Gasteiger partial charge in [0.1, 0.15) is 0 Å². The number of rotatable bonds is 0. The number of hydrogen-bond acceptors (Lipinski definition) is 1. The third-order valence-electron chi connectivity index (χ3n) is 4.73. The lowest BCUT2D eigenvalue weighted by Gasteiger charge is -2.51. The quantitative estimate of drug-likeness (QED) is 0.586. The number of nitrogens with zero attached hydrogens (tertiary/aromatic N) is 1. The van der Waals surface area contributed by atoms with Crippen LogP contribution in [0.5, 0.6) is 0 Å². The van der Waals surface area contributed by atoms with Crippen LogP contribution in [0.4, 0.5) is 0 Å². The zero-order chi connectivity index (χ0) is 11.5. The molecule has 2 aliphatic heterocycles. The fraction of sp³-hybridized carbons (Fsp3) is 1.00. The van der Waals surface area contributed by atoms with Crippen molar-refractivity contribution >= 4 is 0 Å². The van der Waals surface area contributed by atoms with Crippen molar-refractivity contribution in [2.45, 2.75) is 84.3 Å². The van der Waals surface area contributed by atoms with Gasteiger partial charge in [-0.05, 0) is 51.9 Å². The molecule has 0 unspecified atom stereocenters. The van der Waals surface area contributed by atoms with E-state index >= 15 is 0 Å². The van der Waals surface area contributed by atoms with Crippen LogP contribution in [0, 0.1) is 5.41 Å². The second kappa shape index (κ2) is 3.00. The van der Waals surface area contributed by atoms with E-state index in [1.807, 2.05) is 0 Å². The van der Waals surface area contributed by atoms with Gasteiger partial charge in [0.05, 0.1) is 0 Å². The molecular formula is C14H27N. The van der Waals surface area contributed by atoms with E-state index in [9.17, 15) is 0 Å². The number of hydrogen-bond donors (Lipinski definition) is 0. The van der Waals surface area contributed by atoms with E-state index < -0.39 is 0 Å². The summed E-state index contributed by atoms with van der Waals surface area (Å²) in [5.74, 6) is 0. The molecule has 0 amide bonds. The molecule has 2 bridgehead atoms. The molecule has 0 spiro atoms. The molecule has 0 N–H and O–H groups in total. The Labute approximate surface area is 95.2 Å². The van der Waals surface area contributed by atoms with Crippen LogP contribution in [0.25, 0.3) is 0 Å². The van der Waals surface area contributed by atoms with Crippen LogP contribution in [-0.2, 0) is 0 Å². The highest BCUT2D eigenvalue weighted by molar-refractivity contribution is 5.15. The van der Waals surface area contributed by atoms with Crippen molar-refractivity contribution in [2.75, 3.05) is 0 Å². The van der Waals surface area contributed by atoms with Gasteiger partial charge < -0.3 is 0 Å². The van der Waals surface area contributed by atoms with Crippen molar-refractivity contribution in [1.29, 1.82) is 0 Å². The zero-order valence-corrected chi connectivity index (χ0v) is 11.4. The second-order valence-electron chi connectivity index (χ2n) is 7.55. The molecule has 15 heavy (non-hydrogen) atoms. The Morgan fingerprint density at radius 2 is 1.40 bits per heavy atom. The second-order valence-corrected chi connectivity index (χ2v) is 7.55. The third-order valence-corrected chi connectivity index (χ3v) is 4.73. The largest absolute Gasteiger partial charge is 0.289 e. The first-order valence-corrected chi connectivity index (χ1v) is 6.48. The fourth-order valence-electron chi connectivity index (χ4n) is 4.23. The summed E-state index contributed by atoms with van der Waals surface area (Å²) in [5.41, 5.74) is 1.24. The van der Waals surface area contributed by atoms with Gasteiger partial charge in [0, 0.05) is 17.1 Å². The minimum atomic E-state index is 0.338. The third kappa shape index (κ3) is 1.46. The zero-order valence-electron chi connectivity index (χ0n) is 11.4. The monoisotopic (exact) mass is 209 g/mol. The molecule has 0 atom stereocenters. The molecule has 0 aromatic heterocycles. The van der Waals surface area contributed by atoms with Gasteiger partial charge in [0.2, 0.25) is 0 Å². The predicted molar refractivity (Wildman–Crippen MR) is 66.0 cm³/mol. The summed E-state index contributed by atoms with van der Waals surface area (Å²) in [7, 11) is 0. The first-order chi connectivity index (χ1) is 6.68. The van der Waals surface area contributed by atoms with E-state index in [2.05, 4.69) is 46.4 Å². The lowest BCUT2D eigenvalue weighted by Crippen LogP contribution is -2.57. The SMILES string of the molecule is CC(C)(C)N1C2CCC1(C(C)(C)C)CC2. The highest BCUT2D eigenvalue weighted by Gasteiger charge is 2.59. The van der Waals surface area contributed by atoms with E-state index in [0.717, 1.165) is 6.04 Å². The molecule has 2 fully saturated rings. The van der Waals surface area contributed by atoms with Gasteiger partial charge in [0.15, 0.2) is 0 Å². The topological polar surface area (TPSA) is 3.24 Å². The van der Waals surface area contributed by atoms with Gasteiger partial charge in [-0.15, -0.1) is 0 Å². The molecule has 0 aliphatic carbocycles. The van der Waals surface area contributed by atoms with Crippen molar-refractivity contribution in [3.8, 4) is 0 Å². The minimum Gasteiger partial charge on any atom is -0.289 e. The summed E-state index contributed by atoms with van der Waals surface area (Å²) >= 11 is 0. The summed E-state index contributed by atoms with van der Waals surface area (Å²) in [6.45, 7) is 14.4. The molecule has 0 aromatic carbocycles. The Balaban J connectivity index is 2.39. The Morgan fingerprint density at radius 3 is 1.67 bits per heavy atom. The summed E-state index contributed by atoms with van der Waals surface area (Å²) in [5, 5.41) is 0. The van der Waals surface area contributed by atoms with Gasteiger partial charge in [-0.3, -0.25) is 4.90 Å². The van der Waals surface area contributed by atoms with Crippen molar-refractivity contribution in [2.24, 2.45) is 5.41 Å². The molecule has 0 saturated carbocycles. The van der Waals surface area contributed by atoms with Gasteiger partial charge in [0.25, 0.3) is 0 Å². The molecule has 2 heterocycles. The van der Waals surface area contributed by atoms with Crippen LogP contribution in [0.2, 0.25) is 0 Å². The van der Waals surface area contributed by atoms with E-state index in [-0.39, 0.29) is 0 Å². The normalized spacial score (nSPS) is 37.6. The van der Waals surface area contributed by atoms with Crippen molar-refractivity contribution < 1.29 is 0 Å². The van der Waals surface area contributed by atoms with E-state index in [0.29, 0.717) is 16.5 Å². The van der Waals surface area contributed by atoms with Crippen LogP contribution in [0.1, 0.15) is 67.2 Å². The van der Waals surface area contributed by atoms with Crippen molar-refractivity contribution in [3.63, 3.8) is 0 Å². The molecule has 2 rings (SSSR count). The van der Waals surface area contributed by atoms with Gasteiger partial charge >= 0.3 is 0 Å². The van der Waals surface area contributed by atoms with E-state index in [4.69, 9.17) is 0 Å². The highest BCUT2D eigenvalue weighted by Crippen LogP contribution is 2.57. The first-order valence-electron chi connectivity index (χ1n) is 6.48. The highest BCUT2D eigenvalue weighted by atomic mass is 15.3. The average molecular weight is 209 g/mol. The van der Waals surface area contributed by atoms with Crippen LogP contribution in [0.3, 0.4) is 0 Å². The summed E-state index contributed by atoms with van der Waals surface area (Å²) in [6.07, 6.45) is 5.68. The van der Waals surface area contributed by atoms with Crippen molar-refractivity contribution in [3.05, 3.63) is 0 Å². The molecule has 2 aliphatic rings. The predicted octanol–water partition coefficient (Wildman–Crippen LogP) is 3.83. The Bertz CT molecular complexity index is 245. The van der Waals surface area contributed by atoms with E-state index in [1.165, 1.54) is 25.7 Å². The first kappa shape index (κ1) is 11.4. The molecule has 1 nitrogen and oxygen atoms in total. The molecule has 1 heteroatoms. The maximum absolute atomic E-state index is 2.85. The molecule has 2 saturated heterocycles. The standard InChI is InChI=1S/C14H27N/c1-12(2,3)14-9-7-11(8-10-14)15(14)13(4,5)6/h11H,7-10H2,1-6H3. The Kier molecular flexibility index (Phi) is 2.29. The molecule has 0 radical (unpaired) electrons. The smallest absolute Gasteiger partial charge is 0.0267 e. The Hall–Kier alpha value is -0.0400. The number of fused-ring (bicyclic) bond motifs is 2. The lowest BCUT2D eigenvalue weighted by molar-refractivity contribution is -0.0193. The Morgan fingerprint density at radius 1 is 0.933 bits per heavy atom. The fourth-order valence-corrected chi connectivity index (χ4v) is 4.23. The maximum Gasteiger partial charge on any atom is 0.0267 e. The summed E-state index contributed by atoms with van der Waals surface area (Å²) < 4.78 is 0. The molecule has 0 aromatic rings. The van der Waals surface area contributed by atoms with Gasteiger partial charge in [-0.25, -0.2) is 0 Å². The van der Waals surface area contributed by atoms with E-state index in [1.54, 1.807) is 0 Å². The lowest BCUT2D eigenvalue weighted by atomic mass is 9.68. The maximum atomic E-state index is 2.85.